The number of para-hydroxylation sites is 1. The fourth-order valence-electron chi connectivity index (χ4n) is 3.81. The third kappa shape index (κ3) is 2.69. The first-order valence-electron chi connectivity index (χ1n) is 9.07. The molecule has 26 heavy (non-hydrogen) atoms. The second-order valence-electron chi connectivity index (χ2n) is 7.16. The van der Waals surface area contributed by atoms with E-state index in [0.29, 0.717) is 41.4 Å². The SMILES string of the molecule is O=C(c1cc2cccc(Cl)c2o1)N1CCC(c2nncn2C2CC2)CC1. The van der Waals surface area contributed by atoms with E-state index in [1.54, 1.807) is 12.1 Å². The van der Waals surface area contributed by atoms with Gasteiger partial charge in [0, 0.05) is 30.4 Å². The van der Waals surface area contributed by atoms with Crippen LogP contribution in [0.4, 0.5) is 0 Å². The number of halogens is 1. The minimum Gasteiger partial charge on any atom is -0.449 e. The van der Waals surface area contributed by atoms with Gasteiger partial charge in [-0.3, -0.25) is 4.79 Å². The Kier molecular flexibility index (Phi) is 3.74. The van der Waals surface area contributed by atoms with Gasteiger partial charge in [0.05, 0.1) is 5.02 Å². The maximum atomic E-state index is 12.8. The zero-order valence-electron chi connectivity index (χ0n) is 14.3. The molecule has 6 nitrogen and oxygen atoms in total. The van der Waals surface area contributed by atoms with Crippen LogP contribution in [0.15, 0.2) is 35.0 Å². The van der Waals surface area contributed by atoms with Gasteiger partial charge in [-0.25, -0.2) is 0 Å². The Morgan fingerprint density at radius 1 is 1.19 bits per heavy atom. The number of nitrogens with zero attached hydrogens (tertiary/aromatic N) is 4. The Labute approximate surface area is 155 Å². The highest BCUT2D eigenvalue weighted by molar-refractivity contribution is 6.34. The second kappa shape index (κ2) is 6.13. The Morgan fingerprint density at radius 2 is 2.00 bits per heavy atom. The summed E-state index contributed by atoms with van der Waals surface area (Å²) >= 11 is 6.15. The van der Waals surface area contributed by atoms with Crippen LogP contribution in [0.5, 0.6) is 0 Å². The van der Waals surface area contributed by atoms with Gasteiger partial charge in [-0.15, -0.1) is 10.2 Å². The molecule has 1 aromatic carbocycles. The van der Waals surface area contributed by atoms with Gasteiger partial charge in [0.2, 0.25) is 0 Å². The molecule has 2 aromatic heterocycles. The van der Waals surface area contributed by atoms with Gasteiger partial charge in [-0.05, 0) is 37.8 Å². The molecule has 1 amide bonds. The quantitative estimate of drug-likeness (QED) is 0.698. The molecule has 1 saturated carbocycles. The van der Waals surface area contributed by atoms with Crippen LogP contribution in [0.3, 0.4) is 0 Å². The molecule has 0 radical (unpaired) electrons. The summed E-state index contributed by atoms with van der Waals surface area (Å²) in [4.78, 5) is 14.7. The minimum absolute atomic E-state index is 0.0700. The summed E-state index contributed by atoms with van der Waals surface area (Å²) in [5, 5.41) is 9.82. The smallest absolute Gasteiger partial charge is 0.289 e. The van der Waals surface area contributed by atoms with Crippen LogP contribution in [0.25, 0.3) is 11.0 Å². The molecule has 1 aliphatic carbocycles. The van der Waals surface area contributed by atoms with E-state index >= 15 is 0 Å². The van der Waals surface area contributed by atoms with Gasteiger partial charge in [-0.2, -0.15) is 0 Å². The molecule has 1 saturated heterocycles. The molecule has 134 valence electrons. The monoisotopic (exact) mass is 370 g/mol. The highest BCUT2D eigenvalue weighted by Gasteiger charge is 2.32. The molecule has 3 aromatic rings. The van der Waals surface area contributed by atoms with Crippen molar-refractivity contribution in [3.05, 3.63) is 47.2 Å². The van der Waals surface area contributed by atoms with Crippen LogP contribution >= 0.6 is 11.6 Å². The lowest BCUT2D eigenvalue weighted by molar-refractivity contribution is 0.0680. The zero-order chi connectivity index (χ0) is 17.7. The van der Waals surface area contributed by atoms with Crippen LogP contribution in [0, 0.1) is 0 Å². The van der Waals surface area contributed by atoms with Crippen LogP contribution < -0.4 is 0 Å². The van der Waals surface area contributed by atoms with E-state index < -0.39 is 0 Å². The van der Waals surface area contributed by atoms with E-state index in [1.165, 1.54) is 12.8 Å². The fraction of sp³-hybridized carbons (Fsp3) is 0.421. The molecule has 5 rings (SSSR count). The molecular weight excluding hydrogens is 352 g/mol. The molecule has 1 aliphatic heterocycles. The summed E-state index contributed by atoms with van der Waals surface area (Å²) in [6.07, 6.45) is 6.09. The average Bonchev–Trinajstić information content (AvgIpc) is 3.22. The number of aromatic nitrogens is 3. The standard InChI is InChI=1S/C19H19ClN4O2/c20-15-3-1-2-13-10-16(26-17(13)15)19(25)23-8-6-12(7-9-23)18-22-21-11-24(18)14-4-5-14/h1-3,10-12,14H,4-9H2. The van der Waals surface area contributed by atoms with E-state index in [9.17, 15) is 4.79 Å². The minimum atomic E-state index is -0.0700. The van der Waals surface area contributed by atoms with Crippen LogP contribution in [-0.2, 0) is 0 Å². The summed E-state index contributed by atoms with van der Waals surface area (Å²) in [5.41, 5.74) is 0.574. The van der Waals surface area contributed by atoms with Crippen molar-refractivity contribution in [1.82, 2.24) is 19.7 Å². The van der Waals surface area contributed by atoms with E-state index in [-0.39, 0.29) is 5.91 Å². The maximum Gasteiger partial charge on any atom is 0.289 e. The number of amides is 1. The van der Waals surface area contributed by atoms with Crippen molar-refractivity contribution >= 4 is 28.5 Å². The topological polar surface area (TPSA) is 64.2 Å². The number of hydrogen-bond acceptors (Lipinski definition) is 4. The second-order valence-corrected chi connectivity index (χ2v) is 7.57. The van der Waals surface area contributed by atoms with Crippen molar-refractivity contribution in [1.29, 1.82) is 0 Å². The maximum absolute atomic E-state index is 12.8. The molecule has 2 aliphatic rings. The lowest BCUT2D eigenvalue weighted by Gasteiger charge is -2.31. The van der Waals surface area contributed by atoms with Crippen molar-refractivity contribution in [2.24, 2.45) is 0 Å². The number of piperidine rings is 1. The first-order valence-corrected chi connectivity index (χ1v) is 9.45. The van der Waals surface area contributed by atoms with Crippen molar-refractivity contribution < 1.29 is 9.21 Å². The summed E-state index contributed by atoms with van der Waals surface area (Å²) in [7, 11) is 0. The Hall–Kier alpha value is -2.34. The number of furan rings is 1. The number of benzene rings is 1. The summed E-state index contributed by atoms with van der Waals surface area (Å²) in [5.74, 6) is 1.73. The molecule has 0 N–H and O–H groups in total. The summed E-state index contributed by atoms with van der Waals surface area (Å²) in [6.45, 7) is 1.40. The summed E-state index contributed by atoms with van der Waals surface area (Å²) < 4.78 is 7.95. The predicted octanol–water partition coefficient (Wildman–Crippen LogP) is 4.03. The van der Waals surface area contributed by atoms with Crippen molar-refractivity contribution in [2.45, 2.75) is 37.6 Å². The number of likely N-dealkylation sites (tertiary alicyclic amines) is 1. The van der Waals surface area contributed by atoms with Crippen LogP contribution in [0.2, 0.25) is 5.02 Å². The third-order valence-electron chi connectivity index (χ3n) is 5.40. The zero-order valence-corrected chi connectivity index (χ0v) is 15.0. The van der Waals surface area contributed by atoms with Crippen molar-refractivity contribution in [2.75, 3.05) is 13.1 Å². The molecule has 3 heterocycles. The average molecular weight is 371 g/mol. The number of carbonyl (C=O) groups is 1. The van der Waals surface area contributed by atoms with Crippen LogP contribution in [-0.4, -0.2) is 38.7 Å². The van der Waals surface area contributed by atoms with E-state index in [2.05, 4.69) is 14.8 Å². The largest absolute Gasteiger partial charge is 0.449 e. The molecular formula is C19H19ClN4O2. The van der Waals surface area contributed by atoms with Gasteiger partial charge in [0.15, 0.2) is 11.3 Å². The first-order chi connectivity index (χ1) is 12.7. The third-order valence-corrected chi connectivity index (χ3v) is 5.69. The van der Waals surface area contributed by atoms with Gasteiger partial charge in [0.25, 0.3) is 5.91 Å². The molecule has 2 fully saturated rings. The predicted molar refractivity (Wildman–Crippen MR) is 97.4 cm³/mol. The summed E-state index contributed by atoms with van der Waals surface area (Å²) in [6, 6.07) is 7.89. The van der Waals surface area contributed by atoms with Gasteiger partial charge in [-0.1, -0.05) is 23.7 Å². The van der Waals surface area contributed by atoms with Crippen molar-refractivity contribution in [3.63, 3.8) is 0 Å². The Morgan fingerprint density at radius 3 is 2.73 bits per heavy atom. The highest BCUT2D eigenvalue weighted by Crippen LogP contribution is 2.38. The number of fused-ring (bicyclic) bond motifs is 1. The molecule has 7 heteroatoms. The number of carbonyl (C=O) groups excluding carboxylic acids is 1. The van der Waals surface area contributed by atoms with E-state index in [4.69, 9.17) is 16.0 Å². The lowest BCUT2D eigenvalue weighted by Crippen LogP contribution is -2.38. The molecule has 0 atom stereocenters. The molecule has 0 spiro atoms. The normalized spacial score (nSPS) is 18.6. The molecule has 0 bridgehead atoms. The van der Waals surface area contributed by atoms with Crippen molar-refractivity contribution in [3.8, 4) is 0 Å². The van der Waals surface area contributed by atoms with Gasteiger partial charge < -0.3 is 13.9 Å². The Bertz CT molecular complexity index is 967. The Balaban J connectivity index is 1.30. The van der Waals surface area contributed by atoms with E-state index in [0.717, 1.165) is 24.1 Å². The fourth-order valence-corrected chi connectivity index (χ4v) is 4.03. The van der Waals surface area contributed by atoms with Gasteiger partial charge >= 0.3 is 0 Å². The highest BCUT2D eigenvalue weighted by atomic mass is 35.5. The van der Waals surface area contributed by atoms with Gasteiger partial charge in [0.1, 0.15) is 12.2 Å². The molecule has 0 unspecified atom stereocenters. The van der Waals surface area contributed by atoms with E-state index in [1.807, 2.05) is 23.4 Å². The number of hydrogen-bond donors (Lipinski definition) is 0. The van der Waals surface area contributed by atoms with Crippen LogP contribution in [0.1, 0.15) is 54.0 Å². The number of rotatable bonds is 3. The lowest BCUT2D eigenvalue weighted by atomic mass is 9.95. The first kappa shape index (κ1) is 15.9.